The molecule has 122 valence electrons. The Hall–Kier alpha value is -1.98. The Bertz CT molecular complexity index is 680. The van der Waals surface area contributed by atoms with Crippen LogP contribution < -0.4 is 10.1 Å². The lowest BCUT2D eigenvalue weighted by atomic mass is 10.3. The van der Waals surface area contributed by atoms with E-state index in [0.717, 1.165) is 6.07 Å². The van der Waals surface area contributed by atoms with Crippen LogP contribution in [-0.2, 0) is 0 Å². The summed E-state index contributed by atoms with van der Waals surface area (Å²) in [4.78, 5) is 13.5. The number of carbonyl (C=O) groups is 1. The Kier molecular flexibility index (Phi) is 6.07. The molecule has 2 amide bonds. The molecule has 23 heavy (non-hydrogen) atoms. The SMILES string of the molecule is CN(CCOc1ccc(Cl)cc1)C(=O)Nc1ccc(F)cc1Cl. The smallest absolute Gasteiger partial charge is 0.321 e. The maximum absolute atomic E-state index is 13.0. The molecular weight excluding hydrogens is 342 g/mol. The summed E-state index contributed by atoms with van der Waals surface area (Å²) in [5.74, 6) is 0.211. The van der Waals surface area contributed by atoms with E-state index in [1.807, 2.05) is 0 Å². The van der Waals surface area contributed by atoms with Crippen LogP contribution in [0.5, 0.6) is 5.75 Å². The Labute approximate surface area is 143 Å². The van der Waals surface area contributed by atoms with Crippen LogP contribution in [0.2, 0.25) is 10.0 Å². The van der Waals surface area contributed by atoms with Crippen LogP contribution >= 0.6 is 23.2 Å². The molecule has 0 atom stereocenters. The first-order valence-electron chi connectivity index (χ1n) is 6.81. The van der Waals surface area contributed by atoms with Gasteiger partial charge >= 0.3 is 6.03 Å². The molecule has 0 aromatic heterocycles. The van der Waals surface area contributed by atoms with Gasteiger partial charge in [-0.25, -0.2) is 9.18 Å². The third-order valence-electron chi connectivity index (χ3n) is 3.03. The molecular formula is C16H15Cl2FN2O2. The fourth-order valence-electron chi connectivity index (χ4n) is 1.73. The van der Waals surface area contributed by atoms with Gasteiger partial charge in [-0.3, -0.25) is 0 Å². The fraction of sp³-hybridized carbons (Fsp3) is 0.188. The molecule has 0 bridgehead atoms. The zero-order valence-corrected chi connectivity index (χ0v) is 13.9. The molecule has 0 saturated carbocycles. The second kappa shape index (κ2) is 8.04. The minimum Gasteiger partial charge on any atom is -0.492 e. The Morgan fingerprint density at radius 1 is 1.22 bits per heavy atom. The number of ether oxygens (including phenoxy) is 1. The highest BCUT2D eigenvalue weighted by atomic mass is 35.5. The Morgan fingerprint density at radius 3 is 2.57 bits per heavy atom. The molecule has 0 spiro atoms. The van der Waals surface area contributed by atoms with Crippen molar-refractivity contribution in [3.63, 3.8) is 0 Å². The van der Waals surface area contributed by atoms with Gasteiger partial charge in [0.05, 0.1) is 17.3 Å². The van der Waals surface area contributed by atoms with Gasteiger partial charge in [0, 0.05) is 12.1 Å². The average Bonchev–Trinajstić information content (AvgIpc) is 2.51. The lowest BCUT2D eigenvalue weighted by Crippen LogP contribution is -2.34. The van der Waals surface area contributed by atoms with Crippen LogP contribution in [0.1, 0.15) is 0 Å². The molecule has 7 heteroatoms. The van der Waals surface area contributed by atoms with Crippen LogP contribution in [0.4, 0.5) is 14.9 Å². The van der Waals surface area contributed by atoms with Gasteiger partial charge in [0.15, 0.2) is 0 Å². The number of likely N-dealkylation sites (N-methyl/N-ethyl adjacent to an activating group) is 1. The van der Waals surface area contributed by atoms with E-state index in [1.165, 1.54) is 17.0 Å². The standard InChI is InChI=1S/C16H15Cl2FN2O2/c1-21(8-9-23-13-5-2-11(17)3-6-13)16(22)20-15-7-4-12(19)10-14(15)18/h2-7,10H,8-9H2,1H3,(H,20,22). The van der Waals surface area contributed by atoms with Crippen molar-refractivity contribution in [2.45, 2.75) is 0 Å². The first-order valence-corrected chi connectivity index (χ1v) is 7.57. The molecule has 0 aliphatic carbocycles. The van der Waals surface area contributed by atoms with Crippen molar-refractivity contribution >= 4 is 34.9 Å². The molecule has 2 rings (SSSR count). The highest BCUT2D eigenvalue weighted by Crippen LogP contribution is 2.22. The van der Waals surface area contributed by atoms with Crippen molar-refractivity contribution in [2.75, 3.05) is 25.5 Å². The molecule has 2 aromatic rings. The van der Waals surface area contributed by atoms with E-state index in [1.54, 1.807) is 31.3 Å². The number of nitrogens with one attached hydrogen (secondary N) is 1. The molecule has 0 heterocycles. The van der Waals surface area contributed by atoms with Crippen LogP contribution in [0.15, 0.2) is 42.5 Å². The predicted octanol–water partition coefficient (Wildman–Crippen LogP) is 4.68. The van der Waals surface area contributed by atoms with Crippen LogP contribution in [0, 0.1) is 5.82 Å². The highest BCUT2D eigenvalue weighted by Gasteiger charge is 2.11. The summed E-state index contributed by atoms with van der Waals surface area (Å²) in [6.45, 7) is 0.690. The summed E-state index contributed by atoms with van der Waals surface area (Å²) in [6.07, 6.45) is 0. The van der Waals surface area contributed by atoms with Gasteiger partial charge in [-0.05, 0) is 42.5 Å². The zero-order chi connectivity index (χ0) is 16.8. The minimum atomic E-state index is -0.460. The number of carbonyl (C=O) groups excluding carboxylic acids is 1. The van der Waals surface area contributed by atoms with Crippen molar-refractivity contribution in [1.29, 1.82) is 0 Å². The van der Waals surface area contributed by atoms with Crippen LogP contribution in [0.3, 0.4) is 0 Å². The number of benzene rings is 2. The third-order valence-corrected chi connectivity index (χ3v) is 3.59. The average molecular weight is 357 g/mol. The fourth-order valence-corrected chi connectivity index (χ4v) is 2.07. The van der Waals surface area contributed by atoms with E-state index >= 15 is 0 Å². The van der Waals surface area contributed by atoms with Crippen molar-refractivity contribution in [1.82, 2.24) is 4.90 Å². The largest absolute Gasteiger partial charge is 0.492 e. The zero-order valence-electron chi connectivity index (χ0n) is 12.4. The van der Waals surface area contributed by atoms with E-state index in [-0.39, 0.29) is 11.1 Å². The van der Waals surface area contributed by atoms with Gasteiger partial charge < -0.3 is 15.0 Å². The predicted molar refractivity (Wildman–Crippen MR) is 90.0 cm³/mol. The lowest BCUT2D eigenvalue weighted by Gasteiger charge is -2.18. The number of rotatable bonds is 5. The van der Waals surface area contributed by atoms with Crippen LogP contribution in [0.25, 0.3) is 0 Å². The maximum Gasteiger partial charge on any atom is 0.321 e. The van der Waals surface area contributed by atoms with Crippen molar-refractivity contribution < 1.29 is 13.9 Å². The van der Waals surface area contributed by atoms with E-state index < -0.39 is 5.82 Å². The van der Waals surface area contributed by atoms with Crippen molar-refractivity contribution in [2.24, 2.45) is 0 Å². The number of anilines is 1. The van der Waals surface area contributed by atoms with Gasteiger partial charge in [-0.1, -0.05) is 23.2 Å². The van der Waals surface area contributed by atoms with Crippen molar-refractivity contribution in [3.8, 4) is 5.75 Å². The molecule has 0 aliphatic rings. The van der Waals surface area contributed by atoms with Gasteiger partial charge in [-0.2, -0.15) is 0 Å². The molecule has 0 fully saturated rings. The molecule has 0 aliphatic heterocycles. The normalized spacial score (nSPS) is 10.3. The number of hydrogen-bond acceptors (Lipinski definition) is 2. The monoisotopic (exact) mass is 356 g/mol. The molecule has 0 saturated heterocycles. The van der Waals surface area contributed by atoms with E-state index in [0.29, 0.717) is 29.6 Å². The summed E-state index contributed by atoms with van der Waals surface area (Å²) in [5.41, 5.74) is 0.350. The van der Waals surface area contributed by atoms with Crippen LogP contribution in [-0.4, -0.2) is 31.1 Å². The third kappa shape index (κ3) is 5.30. The quantitative estimate of drug-likeness (QED) is 0.845. The second-order valence-electron chi connectivity index (χ2n) is 4.78. The van der Waals surface area contributed by atoms with E-state index in [2.05, 4.69) is 5.32 Å². The van der Waals surface area contributed by atoms with Gasteiger partial charge in [0.2, 0.25) is 0 Å². The molecule has 1 N–H and O–H groups in total. The van der Waals surface area contributed by atoms with Gasteiger partial charge in [-0.15, -0.1) is 0 Å². The summed E-state index contributed by atoms with van der Waals surface area (Å²) >= 11 is 11.7. The number of nitrogens with zero attached hydrogens (tertiary/aromatic N) is 1. The maximum atomic E-state index is 13.0. The minimum absolute atomic E-state index is 0.143. The number of urea groups is 1. The number of halogens is 3. The van der Waals surface area contributed by atoms with E-state index in [4.69, 9.17) is 27.9 Å². The molecule has 2 aromatic carbocycles. The molecule has 4 nitrogen and oxygen atoms in total. The summed E-state index contributed by atoms with van der Waals surface area (Å²) in [6, 6.07) is 10.4. The van der Waals surface area contributed by atoms with Gasteiger partial charge in [0.1, 0.15) is 18.2 Å². The Balaban J connectivity index is 1.81. The topological polar surface area (TPSA) is 41.6 Å². The molecule has 0 radical (unpaired) electrons. The summed E-state index contributed by atoms with van der Waals surface area (Å²) < 4.78 is 18.5. The second-order valence-corrected chi connectivity index (χ2v) is 5.62. The first kappa shape index (κ1) is 17.4. The number of amides is 2. The summed E-state index contributed by atoms with van der Waals surface area (Å²) in [7, 11) is 1.62. The summed E-state index contributed by atoms with van der Waals surface area (Å²) in [5, 5.41) is 3.38. The molecule has 0 unspecified atom stereocenters. The Morgan fingerprint density at radius 2 is 1.91 bits per heavy atom. The lowest BCUT2D eigenvalue weighted by molar-refractivity contribution is 0.207. The van der Waals surface area contributed by atoms with E-state index in [9.17, 15) is 9.18 Å². The number of hydrogen-bond donors (Lipinski definition) is 1. The van der Waals surface area contributed by atoms with Gasteiger partial charge in [0.25, 0.3) is 0 Å². The highest BCUT2D eigenvalue weighted by molar-refractivity contribution is 6.33. The first-order chi connectivity index (χ1) is 11.0. The van der Waals surface area contributed by atoms with Crippen molar-refractivity contribution in [3.05, 3.63) is 58.3 Å².